The topological polar surface area (TPSA) is 28.2 Å². The zero-order valence-corrected chi connectivity index (χ0v) is 12.6. The van der Waals surface area contributed by atoms with Gasteiger partial charge in [0.05, 0.1) is 10.0 Å². The third-order valence-corrected chi connectivity index (χ3v) is 4.23. The van der Waals surface area contributed by atoms with E-state index in [1.165, 1.54) is 12.8 Å². The molecule has 0 amide bonds. The minimum absolute atomic E-state index is 0.270. The second-order valence-corrected chi connectivity index (χ2v) is 5.89. The van der Waals surface area contributed by atoms with E-state index in [0.29, 0.717) is 21.9 Å². The largest absolute Gasteiger partial charge is 0.367 e. The third-order valence-electron chi connectivity index (χ3n) is 3.27. The van der Waals surface area contributed by atoms with Crippen molar-refractivity contribution in [2.24, 2.45) is 0 Å². The van der Waals surface area contributed by atoms with E-state index < -0.39 is 0 Å². The number of rotatable bonds is 5. The maximum atomic E-state index is 6.06. The zero-order chi connectivity index (χ0) is 13.3. The molecule has 1 aliphatic carbocycles. The zero-order valence-electron chi connectivity index (χ0n) is 10.4. The lowest BCUT2D eigenvalue weighted by Crippen LogP contribution is -2.36. The Morgan fingerprint density at radius 1 is 1.39 bits per heavy atom. The summed E-state index contributed by atoms with van der Waals surface area (Å²) < 4.78 is 0. The molecule has 1 aliphatic rings. The number of hydrogen-bond acceptors (Lipinski definition) is 3. The first-order valence-corrected chi connectivity index (χ1v) is 7.09. The Balaban J connectivity index is 1.95. The first-order valence-electron chi connectivity index (χ1n) is 5.96. The summed E-state index contributed by atoms with van der Waals surface area (Å²) in [6, 6.07) is 2.76. The van der Waals surface area contributed by atoms with Crippen molar-refractivity contribution in [2.45, 2.75) is 31.8 Å². The Kier molecular flexibility index (Phi) is 4.59. The van der Waals surface area contributed by atoms with Crippen molar-refractivity contribution >= 4 is 40.6 Å². The van der Waals surface area contributed by atoms with Crippen LogP contribution in [-0.4, -0.2) is 35.6 Å². The van der Waals surface area contributed by atoms with Crippen molar-refractivity contribution in [2.75, 3.05) is 18.9 Å². The molecule has 1 unspecified atom stereocenters. The van der Waals surface area contributed by atoms with Crippen molar-refractivity contribution in [3.63, 3.8) is 0 Å². The molecule has 3 nitrogen and oxygen atoms in total. The van der Waals surface area contributed by atoms with Gasteiger partial charge in [0, 0.05) is 18.6 Å². The van der Waals surface area contributed by atoms with Crippen LogP contribution < -0.4 is 5.32 Å². The van der Waals surface area contributed by atoms with Crippen LogP contribution in [0.3, 0.4) is 0 Å². The highest BCUT2D eigenvalue weighted by molar-refractivity contribution is 6.42. The highest BCUT2D eigenvalue weighted by atomic mass is 35.5. The Morgan fingerprint density at radius 3 is 2.67 bits per heavy atom. The molecule has 0 aliphatic heterocycles. The van der Waals surface area contributed by atoms with Crippen molar-refractivity contribution in [1.82, 2.24) is 9.88 Å². The van der Waals surface area contributed by atoms with E-state index >= 15 is 0 Å². The monoisotopic (exact) mass is 307 g/mol. The Hall–Kier alpha value is -0.220. The van der Waals surface area contributed by atoms with Gasteiger partial charge in [-0.15, -0.1) is 0 Å². The Morgan fingerprint density at radius 2 is 2.06 bits per heavy atom. The summed E-state index contributed by atoms with van der Waals surface area (Å²) in [6.07, 6.45) is 2.60. The molecule has 0 saturated heterocycles. The molecule has 1 heterocycles. The lowest BCUT2D eigenvalue weighted by molar-refractivity contribution is 0.257. The molecule has 18 heavy (non-hydrogen) atoms. The molecule has 0 bridgehead atoms. The van der Waals surface area contributed by atoms with Crippen molar-refractivity contribution in [3.8, 4) is 0 Å². The van der Waals surface area contributed by atoms with E-state index in [9.17, 15) is 0 Å². The molecule has 1 aromatic heterocycles. The molecule has 1 aromatic rings. The SMILES string of the molecule is CC(CNc1nc(Cl)c(Cl)cc1Cl)N(C)C1CC1. The van der Waals surface area contributed by atoms with Crippen molar-refractivity contribution < 1.29 is 0 Å². The maximum Gasteiger partial charge on any atom is 0.150 e. The highest BCUT2D eigenvalue weighted by Crippen LogP contribution is 2.30. The summed E-state index contributed by atoms with van der Waals surface area (Å²) in [5.74, 6) is 0.585. The quantitative estimate of drug-likeness (QED) is 0.835. The fraction of sp³-hybridized carbons (Fsp3) is 0.583. The van der Waals surface area contributed by atoms with Gasteiger partial charge < -0.3 is 5.32 Å². The second kappa shape index (κ2) is 5.83. The van der Waals surface area contributed by atoms with Crippen LogP contribution in [0.4, 0.5) is 5.82 Å². The molecule has 6 heteroatoms. The van der Waals surface area contributed by atoms with Crippen LogP contribution in [0.5, 0.6) is 0 Å². The fourth-order valence-corrected chi connectivity index (χ4v) is 2.36. The predicted octanol–water partition coefficient (Wildman–Crippen LogP) is 3.94. The van der Waals surface area contributed by atoms with E-state index in [-0.39, 0.29) is 5.15 Å². The summed E-state index contributed by atoms with van der Waals surface area (Å²) in [7, 11) is 2.15. The summed E-state index contributed by atoms with van der Waals surface area (Å²) in [5, 5.41) is 4.35. The van der Waals surface area contributed by atoms with Gasteiger partial charge in [-0.2, -0.15) is 0 Å². The number of pyridine rings is 1. The molecule has 0 aromatic carbocycles. The highest BCUT2D eigenvalue weighted by Gasteiger charge is 2.29. The van der Waals surface area contributed by atoms with E-state index in [4.69, 9.17) is 34.8 Å². The van der Waals surface area contributed by atoms with E-state index in [0.717, 1.165) is 12.6 Å². The van der Waals surface area contributed by atoms with E-state index in [1.54, 1.807) is 6.07 Å². The van der Waals surface area contributed by atoms with Crippen molar-refractivity contribution in [3.05, 3.63) is 21.3 Å². The summed E-state index contributed by atoms with van der Waals surface area (Å²) >= 11 is 17.8. The number of hydrogen-bond donors (Lipinski definition) is 1. The molecule has 1 fully saturated rings. The first kappa shape index (κ1) is 14.2. The number of aromatic nitrogens is 1. The van der Waals surface area contributed by atoms with Gasteiger partial charge in [-0.05, 0) is 32.9 Å². The van der Waals surface area contributed by atoms with Crippen LogP contribution in [0.15, 0.2) is 6.07 Å². The first-order chi connectivity index (χ1) is 8.49. The fourth-order valence-electron chi connectivity index (χ4n) is 1.80. The second-order valence-electron chi connectivity index (χ2n) is 4.72. The summed E-state index contributed by atoms with van der Waals surface area (Å²) in [5.41, 5.74) is 0. The van der Waals surface area contributed by atoms with Crippen molar-refractivity contribution in [1.29, 1.82) is 0 Å². The van der Waals surface area contributed by atoms with Gasteiger partial charge in [0.15, 0.2) is 0 Å². The predicted molar refractivity (Wildman–Crippen MR) is 78.0 cm³/mol. The normalized spacial score (nSPS) is 17.0. The molecule has 100 valence electrons. The average molecular weight is 309 g/mol. The van der Waals surface area contributed by atoms with Gasteiger partial charge in [-0.25, -0.2) is 4.98 Å². The maximum absolute atomic E-state index is 6.06. The third kappa shape index (κ3) is 3.41. The van der Waals surface area contributed by atoms with Crippen LogP contribution in [0.25, 0.3) is 0 Å². The molecule has 1 N–H and O–H groups in total. The average Bonchev–Trinajstić information content (AvgIpc) is 3.14. The number of nitrogens with one attached hydrogen (secondary N) is 1. The molecule has 0 spiro atoms. The molecule has 1 saturated carbocycles. The van der Waals surface area contributed by atoms with Gasteiger partial charge >= 0.3 is 0 Å². The van der Waals surface area contributed by atoms with Gasteiger partial charge in [0.2, 0.25) is 0 Å². The number of nitrogens with zero attached hydrogens (tertiary/aromatic N) is 2. The number of likely N-dealkylation sites (N-methyl/N-ethyl adjacent to an activating group) is 1. The van der Waals surface area contributed by atoms with Crippen LogP contribution >= 0.6 is 34.8 Å². The molecular weight excluding hydrogens is 293 g/mol. The molecule has 1 atom stereocenters. The minimum Gasteiger partial charge on any atom is -0.367 e. The van der Waals surface area contributed by atoms with Crippen LogP contribution in [0, 0.1) is 0 Å². The lowest BCUT2D eigenvalue weighted by Gasteiger charge is -2.25. The molecule has 0 radical (unpaired) electrons. The summed E-state index contributed by atoms with van der Waals surface area (Å²) in [6.45, 7) is 2.95. The lowest BCUT2D eigenvalue weighted by atomic mass is 10.3. The van der Waals surface area contributed by atoms with Crippen LogP contribution in [-0.2, 0) is 0 Å². The van der Waals surface area contributed by atoms with Crippen LogP contribution in [0.1, 0.15) is 19.8 Å². The minimum atomic E-state index is 0.270. The van der Waals surface area contributed by atoms with E-state index in [2.05, 4.69) is 29.2 Å². The Labute approximate surface area is 122 Å². The smallest absolute Gasteiger partial charge is 0.150 e. The van der Waals surface area contributed by atoms with E-state index in [1.807, 2.05) is 0 Å². The van der Waals surface area contributed by atoms with Crippen LogP contribution in [0.2, 0.25) is 15.2 Å². The number of halogens is 3. The molecular formula is C12H16Cl3N3. The van der Waals surface area contributed by atoms with Gasteiger partial charge in [-0.1, -0.05) is 34.8 Å². The number of anilines is 1. The van der Waals surface area contributed by atoms with Gasteiger partial charge in [-0.3, -0.25) is 4.90 Å². The summed E-state index contributed by atoms with van der Waals surface area (Å²) in [4.78, 5) is 6.51. The Bertz CT molecular complexity index is 435. The van der Waals surface area contributed by atoms with Gasteiger partial charge in [0.25, 0.3) is 0 Å². The molecule has 2 rings (SSSR count). The standard InChI is InChI=1S/C12H16Cl3N3/c1-7(18(2)8-3-4-8)6-16-12-10(14)5-9(13)11(15)17-12/h5,7-8H,3-4,6H2,1-2H3,(H,16,17). The van der Waals surface area contributed by atoms with Gasteiger partial charge in [0.1, 0.15) is 11.0 Å².